The molecule has 0 aromatic carbocycles. The van der Waals surface area contributed by atoms with Gasteiger partial charge in [-0.3, -0.25) is 4.79 Å². The Morgan fingerprint density at radius 3 is 2.60 bits per heavy atom. The van der Waals surface area contributed by atoms with E-state index in [9.17, 15) is 20.1 Å². The van der Waals surface area contributed by atoms with Crippen molar-refractivity contribution in [1.29, 1.82) is 0 Å². The molecule has 0 aliphatic heterocycles. The summed E-state index contributed by atoms with van der Waals surface area (Å²) in [7, 11) is 0. The molecule has 25 heavy (non-hydrogen) atoms. The van der Waals surface area contributed by atoms with Crippen LogP contribution in [-0.2, 0) is 4.79 Å². The third kappa shape index (κ3) is 8.66. The minimum Gasteiger partial charge on any atom is -0.481 e. The van der Waals surface area contributed by atoms with Gasteiger partial charge in [-0.15, -0.1) is 0 Å². The molecular formula is C20H34O5. The largest absolute Gasteiger partial charge is 0.481 e. The van der Waals surface area contributed by atoms with Gasteiger partial charge in [0.25, 0.3) is 0 Å². The molecule has 0 spiro atoms. The van der Waals surface area contributed by atoms with Crippen molar-refractivity contribution >= 4 is 5.97 Å². The fourth-order valence-electron chi connectivity index (χ4n) is 3.41. The van der Waals surface area contributed by atoms with Crippen molar-refractivity contribution in [2.45, 2.75) is 83.0 Å². The Labute approximate surface area is 151 Å². The molecule has 4 N–H and O–H groups in total. The minimum absolute atomic E-state index is 0.0650. The number of allylic oxidation sites excluding steroid dienone is 2. The lowest BCUT2D eigenvalue weighted by molar-refractivity contribution is -0.137. The Morgan fingerprint density at radius 1 is 1.16 bits per heavy atom. The van der Waals surface area contributed by atoms with Crippen molar-refractivity contribution in [3.8, 4) is 0 Å². The third-order valence-electron chi connectivity index (χ3n) is 4.91. The smallest absolute Gasteiger partial charge is 0.303 e. The molecule has 0 radical (unpaired) electrons. The maximum Gasteiger partial charge on any atom is 0.303 e. The standard InChI is InChI=1S/C20H34O5/c1-2-3-6-9-15(21)12-13-17-16(18(22)14-19(17)23)10-7-4-5-8-11-20(24)25/h4,7,12-13,15-19,21-23H,2-3,5-6,8-11,14H2,1H3,(H,24,25)/b7-4+,13-12+/t15-,16-,17+,18-,19+/m0/s1. The molecule has 0 unspecified atom stereocenters. The lowest BCUT2D eigenvalue weighted by Crippen LogP contribution is -2.20. The van der Waals surface area contributed by atoms with Gasteiger partial charge in [-0.2, -0.15) is 0 Å². The van der Waals surface area contributed by atoms with E-state index >= 15 is 0 Å². The number of carboxylic acids is 1. The molecule has 0 aromatic rings. The van der Waals surface area contributed by atoms with E-state index in [-0.39, 0.29) is 18.3 Å². The monoisotopic (exact) mass is 354 g/mol. The summed E-state index contributed by atoms with van der Waals surface area (Å²) in [4.78, 5) is 10.5. The SMILES string of the molecule is CCCCC[C@H](O)/C=C/[C@@H]1[C@H](C/C=C/CCCC(=O)O)[C@@H](O)C[C@H]1O. The molecular weight excluding hydrogens is 320 g/mol. The molecule has 1 fully saturated rings. The Balaban J connectivity index is 2.46. The zero-order chi connectivity index (χ0) is 18.7. The zero-order valence-electron chi connectivity index (χ0n) is 15.3. The summed E-state index contributed by atoms with van der Waals surface area (Å²) in [6.45, 7) is 2.12. The molecule has 0 saturated heterocycles. The second-order valence-corrected chi connectivity index (χ2v) is 7.05. The summed E-state index contributed by atoms with van der Waals surface area (Å²) in [6, 6.07) is 0. The fourth-order valence-corrected chi connectivity index (χ4v) is 3.41. The number of aliphatic carboxylic acids is 1. The lowest BCUT2D eigenvalue weighted by atomic mass is 9.89. The minimum atomic E-state index is -0.787. The normalized spacial score (nSPS) is 28.2. The number of carbonyl (C=O) groups is 1. The van der Waals surface area contributed by atoms with Gasteiger partial charge in [-0.1, -0.05) is 50.5 Å². The maximum atomic E-state index is 10.5. The molecule has 0 amide bonds. The van der Waals surface area contributed by atoms with Gasteiger partial charge in [0.15, 0.2) is 0 Å². The van der Waals surface area contributed by atoms with Crippen LogP contribution in [0.5, 0.6) is 0 Å². The summed E-state index contributed by atoms with van der Waals surface area (Å²) in [5.41, 5.74) is 0. The highest BCUT2D eigenvalue weighted by molar-refractivity contribution is 5.66. The van der Waals surface area contributed by atoms with E-state index < -0.39 is 24.3 Å². The Hall–Kier alpha value is -1.17. The molecule has 5 heteroatoms. The quantitative estimate of drug-likeness (QED) is 0.319. The van der Waals surface area contributed by atoms with Crippen LogP contribution in [-0.4, -0.2) is 44.7 Å². The van der Waals surface area contributed by atoms with E-state index in [1.807, 2.05) is 18.2 Å². The van der Waals surface area contributed by atoms with E-state index in [4.69, 9.17) is 5.11 Å². The van der Waals surface area contributed by atoms with E-state index in [1.165, 1.54) is 0 Å². The molecule has 144 valence electrons. The number of hydrogen-bond donors (Lipinski definition) is 4. The van der Waals surface area contributed by atoms with Crippen LogP contribution in [0.1, 0.15) is 64.7 Å². The molecule has 1 aliphatic carbocycles. The first-order chi connectivity index (χ1) is 12.0. The van der Waals surface area contributed by atoms with Gasteiger partial charge in [-0.25, -0.2) is 0 Å². The van der Waals surface area contributed by atoms with Crippen LogP contribution in [0.25, 0.3) is 0 Å². The van der Waals surface area contributed by atoms with Crippen molar-refractivity contribution in [1.82, 2.24) is 0 Å². The van der Waals surface area contributed by atoms with Crippen LogP contribution >= 0.6 is 0 Å². The van der Waals surface area contributed by atoms with Gasteiger partial charge >= 0.3 is 5.97 Å². The van der Waals surface area contributed by atoms with Crippen molar-refractivity contribution in [2.24, 2.45) is 11.8 Å². The van der Waals surface area contributed by atoms with Crippen LogP contribution in [0, 0.1) is 11.8 Å². The van der Waals surface area contributed by atoms with Crippen LogP contribution in [0.4, 0.5) is 0 Å². The average Bonchev–Trinajstić information content (AvgIpc) is 2.82. The molecule has 1 aliphatic rings. The molecule has 1 rings (SSSR count). The van der Waals surface area contributed by atoms with Gasteiger partial charge < -0.3 is 20.4 Å². The average molecular weight is 354 g/mol. The molecule has 1 saturated carbocycles. The van der Waals surface area contributed by atoms with Gasteiger partial charge in [0.05, 0.1) is 18.3 Å². The van der Waals surface area contributed by atoms with Crippen molar-refractivity contribution in [2.75, 3.05) is 0 Å². The number of aliphatic hydroxyl groups is 3. The second-order valence-electron chi connectivity index (χ2n) is 7.05. The van der Waals surface area contributed by atoms with Gasteiger partial charge in [-0.05, 0) is 31.6 Å². The predicted molar refractivity (Wildman–Crippen MR) is 98.1 cm³/mol. The maximum absolute atomic E-state index is 10.5. The first-order valence-electron chi connectivity index (χ1n) is 9.55. The van der Waals surface area contributed by atoms with E-state index in [1.54, 1.807) is 6.08 Å². The van der Waals surface area contributed by atoms with Crippen molar-refractivity contribution in [3.63, 3.8) is 0 Å². The van der Waals surface area contributed by atoms with Gasteiger partial charge in [0, 0.05) is 18.8 Å². The summed E-state index contributed by atoms with van der Waals surface area (Å²) in [5.74, 6) is -1.00. The Kier molecular flexibility index (Phi) is 10.7. The fraction of sp³-hybridized carbons (Fsp3) is 0.750. The zero-order valence-corrected chi connectivity index (χ0v) is 15.3. The van der Waals surface area contributed by atoms with Crippen molar-refractivity contribution in [3.05, 3.63) is 24.3 Å². The first-order valence-corrected chi connectivity index (χ1v) is 9.55. The highest BCUT2D eigenvalue weighted by atomic mass is 16.4. The van der Waals surface area contributed by atoms with E-state index in [0.29, 0.717) is 25.7 Å². The predicted octanol–water partition coefficient (Wildman–Crippen LogP) is 3.04. The van der Waals surface area contributed by atoms with Gasteiger partial charge in [0.2, 0.25) is 0 Å². The number of aliphatic hydroxyl groups excluding tert-OH is 3. The van der Waals surface area contributed by atoms with Crippen LogP contribution in [0.2, 0.25) is 0 Å². The van der Waals surface area contributed by atoms with E-state index in [0.717, 1.165) is 25.7 Å². The number of unbranched alkanes of at least 4 members (excludes halogenated alkanes) is 3. The third-order valence-corrected chi connectivity index (χ3v) is 4.91. The summed E-state index contributed by atoms with van der Waals surface area (Å²) in [6.07, 6.45) is 12.3. The Bertz CT molecular complexity index is 432. The summed E-state index contributed by atoms with van der Waals surface area (Å²) < 4.78 is 0. The van der Waals surface area contributed by atoms with E-state index in [2.05, 4.69) is 6.92 Å². The second kappa shape index (κ2) is 12.2. The van der Waals surface area contributed by atoms with Crippen LogP contribution < -0.4 is 0 Å². The topological polar surface area (TPSA) is 98.0 Å². The molecule has 5 atom stereocenters. The van der Waals surface area contributed by atoms with Gasteiger partial charge in [0.1, 0.15) is 0 Å². The van der Waals surface area contributed by atoms with Crippen LogP contribution in [0.15, 0.2) is 24.3 Å². The highest BCUT2D eigenvalue weighted by Gasteiger charge is 2.39. The highest BCUT2D eigenvalue weighted by Crippen LogP contribution is 2.36. The van der Waals surface area contributed by atoms with Crippen molar-refractivity contribution < 1.29 is 25.2 Å². The molecule has 0 bridgehead atoms. The Morgan fingerprint density at radius 2 is 1.92 bits per heavy atom. The number of carboxylic acid groups (broad SMARTS) is 1. The van der Waals surface area contributed by atoms with Crippen LogP contribution in [0.3, 0.4) is 0 Å². The summed E-state index contributed by atoms with van der Waals surface area (Å²) in [5, 5.41) is 39.0. The number of hydrogen-bond acceptors (Lipinski definition) is 4. The molecule has 0 aromatic heterocycles. The number of rotatable bonds is 12. The first kappa shape index (κ1) is 21.9. The lowest BCUT2D eigenvalue weighted by Gasteiger charge is -2.19. The summed E-state index contributed by atoms with van der Waals surface area (Å²) >= 11 is 0. The molecule has 0 heterocycles. The molecule has 5 nitrogen and oxygen atoms in total.